The fraction of sp³-hybridized carbons (Fsp3) is 0.455. The molecule has 2 aromatic carbocycles. The average molecular weight is 372 g/mol. The maximum Gasteiger partial charge on any atom is 0.120 e. The van der Waals surface area contributed by atoms with Crippen molar-refractivity contribution in [1.29, 1.82) is 0 Å². The molecule has 0 fully saturated rings. The topological polar surface area (TPSA) is 38.7 Å². The van der Waals surface area contributed by atoms with E-state index in [4.69, 9.17) is 9.47 Å². The van der Waals surface area contributed by atoms with Gasteiger partial charge in [0.15, 0.2) is 0 Å². The molecule has 0 aliphatic carbocycles. The number of hydrogen-bond acceptors (Lipinski definition) is 3. The lowest BCUT2D eigenvalue weighted by Gasteiger charge is -2.39. The van der Waals surface area contributed by atoms with Gasteiger partial charge in [-0.1, -0.05) is 62.5 Å². The molecule has 2 atom stereocenters. The Bertz CT molecular complexity index is 672. The molecule has 2 aromatic rings. The smallest absolute Gasteiger partial charge is 0.120 e. The Labute approximate surface area is 159 Å². The van der Waals surface area contributed by atoms with E-state index in [1.807, 2.05) is 75.4 Å². The molecule has 4 heteroatoms. The Kier molecular flexibility index (Phi) is 7.44. The number of ether oxygens (including phenoxy) is 2. The summed E-state index contributed by atoms with van der Waals surface area (Å²) < 4.78 is 12.1. The van der Waals surface area contributed by atoms with Crippen molar-refractivity contribution in [1.82, 2.24) is 0 Å². The quantitative estimate of drug-likeness (QED) is 0.634. The van der Waals surface area contributed by atoms with Crippen LogP contribution in [0.3, 0.4) is 0 Å². The molecule has 0 amide bonds. The van der Waals surface area contributed by atoms with Gasteiger partial charge in [-0.05, 0) is 43.5 Å². The van der Waals surface area contributed by atoms with Gasteiger partial charge in [0, 0.05) is 0 Å². The Morgan fingerprint density at radius 2 is 1.73 bits per heavy atom. The largest absolute Gasteiger partial charge is 0.489 e. The van der Waals surface area contributed by atoms with Gasteiger partial charge < -0.3 is 14.6 Å². The van der Waals surface area contributed by atoms with Gasteiger partial charge in [0.25, 0.3) is 0 Å². The summed E-state index contributed by atoms with van der Waals surface area (Å²) in [6.45, 7) is 10.9. The van der Waals surface area contributed by atoms with Gasteiger partial charge in [-0.15, -0.1) is 0 Å². The van der Waals surface area contributed by atoms with Crippen LogP contribution in [0.25, 0.3) is 0 Å². The van der Waals surface area contributed by atoms with Gasteiger partial charge in [-0.25, -0.2) is 0 Å². The normalized spacial score (nSPS) is 15.1. The third kappa shape index (κ3) is 5.19. The molecule has 0 aliphatic heterocycles. The number of benzene rings is 2. The molecule has 0 spiro atoms. The van der Waals surface area contributed by atoms with E-state index in [-0.39, 0.29) is 11.8 Å². The van der Waals surface area contributed by atoms with Crippen LogP contribution in [-0.4, -0.2) is 25.7 Å². The van der Waals surface area contributed by atoms with E-state index in [0.29, 0.717) is 13.0 Å². The predicted molar refractivity (Wildman–Crippen MR) is 109 cm³/mol. The predicted octanol–water partition coefficient (Wildman–Crippen LogP) is 4.95. The van der Waals surface area contributed by atoms with Crippen molar-refractivity contribution in [3.63, 3.8) is 0 Å². The van der Waals surface area contributed by atoms with Crippen LogP contribution in [-0.2, 0) is 16.9 Å². The first kappa shape index (κ1) is 20.7. The van der Waals surface area contributed by atoms with Gasteiger partial charge in [0.05, 0.1) is 20.6 Å². The van der Waals surface area contributed by atoms with E-state index < -0.39 is 14.4 Å². The van der Waals surface area contributed by atoms with Crippen molar-refractivity contribution in [2.75, 3.05) is 0 Å². The molecule has 0 bridgehead atoms. The monoisotopic (exact) mass is 371 g/mol. The molecule has 3 nitrogen and oxygen atoms in total. The summed E-state index contributed by atoms with van der Waals surface area (Å²) >= 11 is 0. The average Bonchev–Trinajstić information content (AvgIpc) is 2.64. The minimum absolute atomic E-state index is 0.0792. The second kappa shape index (κ2) is 9.35. The van der Waals surface area contributed by atoms with E-state index in [1.54, 1.807) is 0 Å². The number of rotatable bonds is 9. The Morgan fingerprint density at radius 1 is 1.04 bits per heavy atom. The zero-order chi connectivity index (χ0) is 19.2. The first-order chi connectivity index (χ1) is 12.4. The molecule has 141 valence electrons. The molecule has 0 aromatic heterocycles. The number of aliphatic hydroxyl groups is 1. The third-order valence-corrected chi connectivity index (χ3v) is 6.15. The van der Waals surface area contributed by atoms with E-state index >= 15 is 0 Å². The van der Waals surface area contributed by atoms with Crippen molar-refractivity contribution in [2.24, 2.45) is 0 Å². The van der Waals surface area contributed by atoms with Crippen LogP contribution >= 0.6 is 0 Å². The maximum atomic E-state index is 11.5. The van der Waals surface area contributed by atoms with Crippen LogP contribution in [0, 0.1) is 0 Å². The van der Waals surface area contributed by atoms with E-state index in [1.165, 1.54) is 0 Å². The van der Waals surface area contributed by atoms with Crippen LogP contribution < -0.4 is 4.74 Å². The summed E-state index contributed by atoms with van der Waals surface area (Å²) in [6, 6.07) is 17.9. The highest BCUT2D eigenvalue weighted by atomic mass is 28.3. The molecule has 26 heavy (non-hydrogen) atoms. The lowest BCUT2D eigenvalue weighted by atomic mass is 9.91. The highest BCUT2D eigenvalue weighted by molar-refractivity contribution is 6.57. The fourth-order valence-electron chi connectivity index (χ4n) is 3.14. The second-order valence-electron chi connectivity index (χ2n) is 7.22. The van der Waals surface area contributed by atoms with Crippen LogP contribution in [0.5, 0.6) is 5.75 Å². The third-order valence-electron chi connectivity index (χ3n) is 4.49. The zero-order valence-corrected chi connectivity index (χ0v) is 17.5. The van der Waals surface area contributed by atoms with Crippen molar-refractivity contribution in [3.05, 3.63) is 65.7 Å². The Morgan fingerprint density at radius 3 is 2.31 bits per heavy atom. The molecule has 0 heterocycles. The second-order valence-corrected chi connectivity index (χ2v) is 9.90. The molecule has 0 aliphatic rings. The van der Waals surface area contributed by atoms with Crippen molar-refractivity contribution in [3.8, 4) is 5.75 Å². The summed E-state index contributed by atoms with van der Waals surface area (Å²) in [5, 5.41) is 11.5. The fourth-order valence-corrected chi connectivity index (χ4v) is 5.01. The summed E-state index contributed by atoms with van der Waals surface area (Å²) in [4.78, 5) is 0. The van der Waals surface area contributed by atoms with Crippen LogP contribution in [0.2, 0.25) is 13.1 Å². The Balaban J connectivity index is 2.24. The van der Waals surface area contributed by atoms with Crippen molar-refractivity contribution < 1.29 is 14.6 Å². The minimum Gasteiger partial charge on any atom is -0.489 e. The van der Waals surface area contributed by atoms with E-state index in [2.05, 4.69) is 13.1 Å². The van der Waals surface area contributed by atoms with Gasteiger partial charge >= 0.3 is 0 Å². The lowest BCUT2D eigenvalue weighted by Crippen LogP contribution is -2.49. The maximum absolute atomic E-state index is 11.5. The highest BCUT2D eigenvalue weighted by Gasteiger charge is 2.40. The van der Waals surface area contributed by atoms with Crippen molar-refractivity contribution in [2.45, 2.75) is 64.3 Å². The molecular weight excluding hydrogens is 340 g/mol. The molecule has 0 saturated carbocycles. The zero-order valence-electron chi connectivity index (χ0n) is 16.5. The molecule has 0 saturated heterocycles. The summed E-state index contributed by atoms with van der Waals surface area (Å²) in [7, 11) is -0.864. The summed E-state index contributed by atoms with van der Waals surface area (Å²) in [5.41, 5.74) is 0.801. The Hall–Kier alpha value is -1.62. The summed E-state index contributed by atoms with van der Waals surface area (Å²) in [5.74, 6) is 0.766. The van der Waals surface area contributed by atoms with Crippen LogP contribution in [0.4, 0.5) is 0 Å². The molecular formula is C22H31O3Si. The molecule has 1 N–H and O–H groups in total. The molecule has 1 radical (unpaired) electrons. The minimum atomic E-state index is -1.01. The van der Waals surface area contributed by atoms with Gasteiger partial charge in [-0.3, -0.25) is 0 Å². The van der Waals surface area contributed by atoms with E-state index in [0.717, 1.165) is 16.9 Å². The van der Waals surface area contributed by atoms with Crippen LogP contribution in [0.15, 0.2) is 54.6 Å². The van der Waals surface area contributed by atoms with Crippen molar-refractivity contribution >= 4 is 8.80 Å². The highest BCUT2D eigenvalue weighted by Crippen LogP contribution is 2.34. The lowest BCUT2D eigenvalue weighted by molar-refractivity contribution is -0.0987. The van der Waals surface area contributed by atoms with Gasteiger partial charge in [0.2, 0.25) is 0 Å². The molecule has 2 rings (SSSR count). The van der Waals surface area contributed by atoms with Gasteiger partial charge in [-0.2, -0.15) is 0 Å². The summed E-state index contributed by atoms with van der Waals surface area (Å²) in [6.07, 6.45) is 0.679. The standard InChI is InChI=1S/C22H31O3Si/c1-6-22(23,21(26(4)5)25-17(2)3)19-13-10-14-20(15-19)24-16-18-11-8-7-9-12-18/h7-15,17,21,23H,6,16H2,1-5H3. The SMILES string of the molecule is CCC(O)(c1cccc(OCc2ccccc2)c1)C(OC(C)C)[Si](C)C. The van der Waals surface area contributed by atoms with Gasteiger partial charge in [0.1, 0.15) is 18.0 Å². The van der Waals surface area contributed by atoms with E-state index in [9.17, 15) is 5.11 Å². The first-order valence-corrected chi connectivity index (χ1v) is 11.9. The first-order valence-electron chi connectivity index (χ1n) is 9.32. The van der Waals surface area contributed by atoms with Crippen LogP contribution in [0.1, 0.15) is 38.3 Å². The molecule has 2 unspecified atom stereocenters. The number of hydrogen-bond donors (Lipinski definition) is 1.